The molecular weight excluding hydrogens is 408 g/mol. The number of ether oxygens (including phenoxy) is 1. The number of nitrogens with zero attached hydrogens (tertiary/aromatic N) is 1. The maximum absolute atomic E-state index is 12.7. The summed E-state index contributed by atoms with van der Waals surface area (Å²) in [5, 5.41) is 11.9. The molecule has 32 heavy (non-hydrogen) atoms. The van der Waals surface area contributed by atoms with Crippen LogP contribution >= 0.6 is 0 Å². The fraction of sp³-hybridized carbons (Fsp3) is 0.160. The summed E-state index contributed by atoms with van der Waals surface area (Å²) in [6.07, 6.45) is 0. The number of hydrogen-bond acceptors (Lipinski definition) is 4. The molecule has 0 aromatic heterocycles. The Balaban J connectivity index is 1.40. The number of benzene rings is 3. The quantitative estimate of drug-likeness (QED) is 0.598. The summed E-state index contributed by atoms with van der Waals surface area (Å²) in [7, 11) is 1.60. The molecule has 0 fully saturated rings. The van der Waals surface area contributed by atoms with E-state index in [0.717, 1.165) is 22.4 Å². The van der Waals surface area contributed by atoms with Crippen molar-refractivity contribution in [3.8, 4) is 5.75 Å². The Bertz CT molecular complexity index is 1170. The Morgan fingerprint density at radius 2 is 1.62 bits per heavy atom. The van der Waals surface area contributed by atoms with Crippen molar-refractivity contribution in [2.24, 2.45) is 0 Å². The van der Waals surface area contributed by atoms with E-state index in [2.05, 4.69) is 5.32 Å². The predicted molar refractivity (Wildman–Crippen MR) is 118 cm³/mol. The molecule has 0 bridgehead atoms. The third-order valence-corrected chi connectivity index (χ3v) is 5.43. The molecule has 0 atom stereocenters. The highest BCUT2D eigenvalue weighted by Gasteiger charge is 2.28. The number of nitrogens with one attached hydrogen (secondary N) is 1. The normalized spacial score (nSPS) is 12.4. The van der Waals surface area contributed by atoms with Crippen LogP contribution in [0.3, 0.4) is 0 Å². The molecule has 2 amide bonds. The SMILES string of the molecule is COc1ccc(CNC(=O)c2ccc3c(c2)CN(Cc2ccc(C(=O)O)cc2)C3=O)cc1. The van der Waals surface area contributed by atoms with Crippen LogP contribution in [0.5, 0.6) is 5.75 Å². The van der Waals surface area contributed by atoms with Gasteiger partial charge in [-0.3, -0.25) is 9.59 Å². The first-order valence-corrected chi connectivity index (χ1v) is 10.1. The summed E-state index contributed by atoms with van der Waals surface area (Å²) < 4.78 is 5.13. The van der Waals surface area contributed by atoms with Crippen molar-refractivity contribution in [1.29, 1.82) is 0 Å². The minimum atomic E-state index is -0.987. The van der Waals surface area contributed by atoms with Crippen LogP contribution in [-0.2, 0) is 19.6 Å². The van der Waals surface area contributed by atoms with Gasteiger partial charge < -0.3 is 20.1 Å². The summed E-state index contributed by atoms with van der Waals surface area (Å²) in [6.45, 7) is 1.15. The van der Waals surface area contributed by atoms with Crippen LogP contribution in [0, 0.1) is 0 Å². The molecule has 1 aliphatic rings. The zero-order chi connectivity index (χ0) is 22.7. The summed E-state index contributed by atoms with van der Waals surface area (Å²) in [5.41, 5.74) is 3.88. The van der Waals surface area contributed by atoms with E-state index < -0.39 is 5.97 Å². The number of carboxylic acids is 1. The number of methoxy groups -OCH3 is 1. The lowest BCUT2D eigenvalue weighted by Crippen LogP contribution is -2.23. The van der Waals surface area contributed by atoms with Crippen LogP contribution in [0.1, 0.15) is 47.8 Å². The largest absolute Gasteiger partial charge is 0.497 e. The standard InChI is InChI=1S/C25H22N2O5/c1-32-21-9-4-16(5-10-21)13-26-23(28)19-8-11-22-20(12-19)15-27(24(22)29)14-17-2-6-18(7-3-17)25(30)31/h2-12H,13-15H2,1H3,(H,26,28)(H,30,31). The average Bonchev–Trinajstić information content (AvgIpc) is 3.12. The van der Waals surface area contributed by atoms with Crippen molar-refractivity contribution >= 4 is 17.8 Å². The second-order valence-corrected chi connectivity index (χ2v) is 7.57. The molecule has 0 saturated carbocycles. The van der Waals surface area contributed by atoms with Crippen LogP contribution in [0.15, 0.2) is 66.7 Å². The second kappa shape index (κ2) is 8.93. The molecule has 3 aromatic rings. The predicted octanol–water partition coefficient (Wildman–Crippen LogP) is 3.48. The first-order chi connectivity index (χ1) is 15.4. The van der Waals surface area contributed by atoms with Crippen molar-refractivity contribution < 1.29 is 24.2 Å². The van der Waals surface area contributed by atoms with Gasteiger partial charge in [0.15, 0.2) is 0 Å². The maximum Gasteiger partial charge on any atom is 0.335 e. The van der Waals surface area contributed by atoms with Crippen molar-refractivity contribution in [1.82, 2.24) is 10.2 Å². The molecule has 162 valence electrons. The van der Waals surface area contributed by atoms with E-state index in [9.17, 15) is 14.4 Å². The molecule has 2 N–H and O–H groups in total. The Hall–Kier alpha value is -4.13. The van der Waals surface area contributed by atoms with E-state index in [0.29, 0.717) is 30.8 Å². The monoisotopic (exact) mass is 430 g/mol. The van der Waals surface area contributed by atoms with Gasteiger partial charge in [0.05, 0.1) is 12.7 Å². The van der Waals surface area contributed by atoms with Gasteiger partial charge in [-0.05, 0) is 59.2 Å². The van der Waals surface area contributed by atoms with Crippen LogP contribution in [0.25, 0.3) is 0 Å². The fourth-order valence-corrected chi connectivity index (χ4v) is 3.65. The van der Waals surface area contributed by atoms with Gasteiger partial charge in [0.1, 0.15) is 5.75 Å². The highest BCUT2D eigenvalue weighted by atomic mass is 16.5. The molecule has 4 rings (SSSR count). The van der Waals surface area contributed by atoms with Gasteiger partial charge in [0.2, 0.25) is 0 Å². The number of carbonyl (C=O) groups excluding carboxylic acids is 2. The molecule has 0 aliphatic carbocycles. The molecule has 1 aliphatic heterocycles. The molecule has 3 aromatic carbocycles. The van der Waals surface area contributed by atoms with Gasteiger partial charge in [-0.15, -0.1) is 0 Å². The maximum atomic E-state index is 12.7. The Kier molecular flexibility index (Phi) is 5.89. The fourth-order valence-electron chi connectivity index (χ4n) is 3.65. The zero-order valence-electron chi connectivity index (χ0n) is 17.5. The van der Waals surface area contributed by atoms with Gasteiger partial charge in [0, 0.05) is 30.8 Å². The molecule has 0 saturated heterocycles. The Labute approximate surface area is 185 Å². The van der Waals surface area contributed by atoms with Crippen molar-refractivity contribution in [3.63, 3.8) is 0 Å². The third kappa shape index (κ3) is 4.46. The molecular formula is C25H22N2O5. The van der Waals surface area contributed by atoms with Crippen LogP contribution in [0.4, 0.5) is 0 Å². The number of carbonyl (C=O) groups is 3. The van der Waals surface area contributed by atoms with Gasteiger partial charge in [-0.1, -0.05) is 24.3 Å². The molecule has 0 spiro atoms. The van der Waals surface area contributed by atoms with Crippen molar-refractivity contribution in [2.75, 3.05) is 7.11 Å². The van der Waals surface area contributed by atoms with Crippen LogP contribution < -0.4 is 10.1 Å². The minimum Gasteiger partial charge on any atom is -0.497 e. The topological polar surface area (TPSA) is 95.9 Å². The second-order valence-electron chi connectivity index (χ2n) is 7.57. The summed E-state index contributed by atoms with van der Waals surface area (Å²) in [5.74, 6) is -0.545. The van der Waals surface area contributed by atoms with Gasteiger partial charge in [-0.25, -0.2) is 4.79 Å². The molecule has 7 nitrogen and oxygen atoms in total. The number of carboxylic acid groups (broad SMARTS) is 1. The van der Waals surface area contributed by atoms with Crippen molar-refractivity contribution in [3.05, 3.63) is 100 Å². The third-order valence-electron chi connectivity index (χ3n) is 5.43. The van der Waals surface area contributed by atoms with E-state index in [1.54, 1.807) is 42.3 Å². The number of aromatic carboxylic acids is 1. The Morgan fingerprint density at radius 3 is 2.28 bits per heavy atom. The molecule has 7 heteroatoms. The van der Waals surface area contributed by atoms with E-state index in [1.165, 1.54) is 12.1 Å². The lowest BCUT2D eigenvalue weighted by Gasteiger charge is -2.15. The van der Waals surface area contributed by atoms with Gasteiger partial charge >= 0.3 is 5.97 Å². The van der Waals surface area contributed by atoms with Crippen LogP contribution in [-0.4, -0.2) is 34.9 Å². The van der Waals surface area contributed by atoms with E-state index in [4.69, 9.17) is 9.84 Å². The lowest BCUT2D eigenvalue weighted by molar-refractivity contribution is 0.0695. The smallest absolute Gasteiger partial charge is 0.335 e. The average molecular weight is 430 g/mol. The van der Waals surface area contributed by atoms with E-state index >= 15 is 0 Å². The first-order valence-electron chi connectivity index (χ1n) is 10.1. The minimum absolute atomic E-state index is 0.104. The van der Waals surface area contributed by atoms with Crippen molar-refractivity contribution in [2.45, 2.75) is 19.6 Å². The van der Waals surface area contributed by atoms with E-state index in [-0.39, 0.29) is 17.4 Å². The molecule has 0 unspecified atom stereocenters. The lowest BCUT2D eigenvalue weighted by atomic mass is 10.1. The molecule has 0 radical (unpaired) electrons. The number of rotatable bonds is 7. The highest BCUT2D eigenvalue weighted by molar-refractivity contribution is 6.01. The van der Waals surface area contributed by atoms with Crippen LogP contribution in [0.2, 0.25) is 0 Å². The summed E-state index contributed by atoms with van der Waals surface area (Å²) >= 11 is 0. The van der Waals surface area contributed by atoms with Gasteiger partial charge in [-0.2, -0.15) is 0 Å². The number of hydrogen-bond donors (Lipinski definition) is 2. The number of fused-ring (bicyclic) bond motifs is 1. The Morgan fingerprint density at radius 1 is 0.969 bits per heavy atom. The van der Waals surface area contributed by atoms with E-state index in [1.807, 2.05) is 24.3 Å². The zero-order valence-corrected chi connectivity index (χ0v) is 17.5. The highest BCUT2D eigenvalue weighted by Crippen LogP contribution is 2.26. The number of amides is 2. The summed E-state index contributed by atoms with van der Waals surface area (Å²) in [6, 6.07) is 19.0. The summed E-state index contributed by atoms with van der Waals surface area (Å²) in [4.78, 5) is 38.0. The first kappa shape index (κ1) is 21.1. The van der Waals surface area contributed by atoms with Gasteiger partial charge in [0.25, 0.3) is 11.8 Å². The molecule has 1 heterocycles.